The zero-order valence-electron chi connectivity index (χ0n) is 18.4. The van der Waals surface area contributed by atoms with Crippen molar-refractivity contribution in [1.82, 2.24) is 0 Å². The van der Waals surface area contributed by atoms with E-state index in [4.69, 9.17) is 4.74 Å². The highest BCUT2D eigenvalue weighted by atomic mass is 31.3. The molecular formula is C20H33O8P2-3. The SMILES string of the molecule is C/C(=C\CC/C(C)=C/COP(=O)([O-])OP(=O)([O-])[O-])CC/C=C(\C)CCC1OC1(C)C. The Morgan fingerprint density at radius 2 is 1.40 bits per heavy atom. The molecule has 0 aromatic rings. The quantitative estimate of drug-likeness (QED) is 0.216. The minimum Gasteiger partial charge on any atom is -0.790 e. The summed E-state index contributed by atoms with van der Waals surface area (Å²) in [6.45, 7) is 9.90. The monoisotopic (exact) mass is 463 g/mol. The Kier molecular flexibility index (Phi) is 10.9. The Bertz CT molecular complexity index is 748. The van der Waals surface area contributed by atoms with Gasteiger partial charge in [0.05, 0.1) is 26.1 Å². The van der Waals surface area contributed by atoms with Gasteiger partial charge in [-0.2, -0.15) is 0 Å². The first-order valence-corrected chi connectivity index (χ1v) is 13.0. The summed E-state index contributed by atoms with van der Waals surface area (Å²) < 4.78 is 34.8. The van der Waals surface area contributed by atoms with E-state index in [-0.39, 0.29) is 12.2 Å². The summed E-state index contributed by atoms with van der Waals surface area (Å²) in [5.74, 6) is 0. The van der Waals surface area contributed by atoms with Crippen LogP contribution in [0.5, 0.6) is 0 Å². The van der Waals surface area contributed by atoms with Crippen molar-refractivity contribution < 1.29 is 37.4 Å². The van der Waals surface area contributed by atoms with E-state index in [1.165, 1.54) is 17.2 Å². The predicted molar refractivity (Wildman–Crippen MR) is 110 cm³/mol. The molecule has 2 unspecified atom stereocenters. The molecule has 0 amide bonds. The highest BCUT2D eigenvalue weighted by Crippen LogP contribution is 2.50. The maximum atomic E-state index is 11.1. The fourth-order valence-electron chi connectivity index (χ4n) is 2.91. The molecule has 30 heavy (non-hydrogen) atoms. The van der Waals surface area contributed by atoms with Crippen LogP contribution in [0.4, 0.5) is 0 Å². The van der Waals surface area contributed by atoms with Crippen LogP contribution in [0.15, 0.2) is 34.9 Å². The van der Waals surface area contributed by atoms with Crippen LogP contribution in [0, 0.1) is 0 Å². The summed E-state index contributed by atoms with van der Waals surface area (Å²) in [6.07, 6.45) is 11.9. The number of phosphoric ester groups is 1. The van der Waals surface area contributed by atoms with Gasteiger partial charge >= 0.3 is 0 Å². The van der Waals surface area contributed by atoms with Crippen LogP contribution in [0.25, 0.3) is 0 Å². The van der Waals surface area contributed by atoms with Gasteiger partial charge in [0.1, 0.15) is 0 Å². The number of epoxide rings is 1. The zero-order chi connectivity index (χ0) is 23.0. The summed E-state index contributed by atoms with van der Waals surface area (Å²) in [5.41, 5.74) is 3.61. The number of phosphoric acid groups is 2. The van der Waals surface area contributed by atoms with E-state index in [1.807, 2.05) is 6.92 Å². The maximum Gasteiger partial charge on any atom is 0.272 e. The van der Waals surface area contributed by atoms with Crippen LogP contribution in [0.3, 0.4) is 0 Å². The van der Waals surface area contributed by atoms with Crippen LogP contribution >= 0.6 is 15.6 Å². The average molecular weight is 463 g/mol. The Labute approximate surface area is 179 Å². The van der Waals surface area contributed by atoms with Gasteiger partial charge in [-0.1, -0.05) is 34.9 Å². The summed E-state index contributed by atoms with van der Waals surface area (Å²) >= 11 is 0. The molecule has 0 aliphatic carbocycles. The van der Waals surface area contributed by atoms with Crippen LogP contribution in [0.2, 0.25) is 0 Å². The van der Waals surface area contributed by atoms with E-state index in [2.05, 4.69) is 48.7 Å². The van der Waals surface area contributed by atoms with E-state index in [0.29, 0.717) is 12.5 Å². The van der Waals surface area contributed by atoms with Gasteiger partial charge < -0.3 is 28.5 Å². The van der Waals surface area contributed by atoms with E-state index in [0.717, 1.165) is 37.7 Å². The van der Waals surface area contributed by atoms with Crippen molar-refractivity contribution in [1.29, 1.82) is 0 Å². The highest BCUT2D eigenvalue weighted by Gasteiger charge is 2.46. The summed E-state index contributed by atoms with van der Waals surface area (Å²) in [5, 5.41) is 0. The molecule has 1 saturated heterocycles. The third kappa shape index (κ3) is 13.0. The molecule has 1 aliphatic heterocycles. The third-order valence-corrected chi connectivity index (χ3v) is 6.96. The second-order valence-corrected chi connectivity index (χ2v) is 10.9. The number of ether oxygens (including phenoxy) is 1. The lowest BCUT2D eigenvalue weighted by Gasteiger charge is -2.34. The Morgan fingerprint density at radius 3 is 1.87 bits per heavy atom. The molecular weight excluding hydrogens is 430 g/mol. The lowest BCUT2D eigenvalue weighted by Crippen LogP contribution is -2.19. The Hall–Kier alpha value is -0.560. The highest BCUT2D eigenvalue weighted by molar-refractivity contribution is 7.58. The van der Waals surface area contributed by atoms with Crippen molar-refractivity contribution in [3.63, 3.8) is 0 Å². The van der Waals surface area contributed by atoms with Gasteiger partial charge in [-0.05, 0) is 73.1 Å². The van der Waals surface area contributed by atoms with Crippen LogP contribution in [0.1, 0.15) is 73.1 Å². The molecule has 0 bridgehead atoms. The first-order chi connectivity index (χ1) is 13.7. The van der Waals surface area contributed by atoms with Crippen molar-refractivity contribution in [2.75, 3.05) is 6.61 Å². The van der Waals surface area contributed by atoms with Gasteiger partial charge in [-0.3, -0.25) is 8.88 Å². The van der Waals surface area contributed by atoms with Gasteiger partial charge in [-0.25, -0.2) is 0 Å². The van der Waals surface area contributed by atoms with Gasteiger partial charge in [-0.15, -0.1) is 0 Å². The smallest absolute Gasteiger partial charge is 0.272 e. The van der Waals surface area contributed by atoms with Crippen molar-refractivity contribution in [3.8, 4) is 0 Å². The lowest BCUT2D eigenvalue weighted by molar-refractivity contribution is -0.339. The summed E-state index contributed by atoms with van der Waals surface area (Å²) in [6, 6.07) is 0. The van der Waals surface area contributed by atoms with E-state index in [9.17, 15) is 23.8 Å². The second kappa shape index (κ2) is 11.9. The molecule has 1 fully saturated rings. The molecule has 0 spiro atoms. The minimum atomic E-state index is -5.65. The average Bonchev–Trinajstić information content (AvgIpc) is 3.17. The summed E-state index contributed by atoms with van der Waals surface area (Å²) in [4.78, 5) is 31.8. The summed E-state index contributed by atoms with van der Waals surface area (Å²) in [7, 11) is -10.8. The number of hydrogen-bond donors (Lipinski definition) is 0. The molecule has 1 rings (SSSR count). The van der Waals surface area contributed by atoms with E-state index in [1.54, 1.807) is 0 Å². The standard InChI is InChI=1S/C20H36O8P2/c1-16(8-6-10-17(2)12-13-19-20(4,5)27-19)9-7-11-18(3)14-15-26-30(24,25)28-29(21,22)23/h9-10,14,19H,6-8,11-13,15H2,1-5H3,(H,24,25)(H2,21,22,23)/p-3/b16-9+,17-10+,18-14+. The maximum absolute atomic E-state index is 11.1. The van der Waals surface area contributed by atoms with Crippen molar-refractivity contribution in [3.05, 3.63) is 34.9 Å². The van der Waals surface area contributed by atoms with E-state index >= 15 is 0 Å². The molecule has 2 atom stereocenters. The Morgan fingerprint density at radius 1 is 0.933 bits per heavy atom. The van der Waals surface area contributed by atoms with Gasteiger partial charge in [0, 0.05) is 0 Å². The molecule has 0 radical (unpaired) electrons. The second-order valence-electron chi connectivity index (χ2n) is 8.25. The molecule has 1 heterocycles. The number of hydrogen-bond acceptors (Lipinski definition) is 8. The molecule has 0 N–H and O–H groups in total. The van der Waals surface area contributed by atoms with Crippen molar-refractivity contribution in [2.45, 2.75) is 84.8 Å². The van der Waals surface area contributed by atoms with Crippen molar-refractivity contribution >= 4 is 15.6 Å². The number of allylic oxidation sites excluding steroid dienone is 5. The van der Waals surface area contributed by atoms with Crippen LogP contribution in [-0.4, -0.2) is 18.3 Å². The molecule has 1 aliphatic rings. The third-order valence-electron chi connectivity index (χ3n) is 4.89. The Balaban J connectivity index is 2.23. The topological polar surface area (TPSA) is 134 Å². The molecule has 0 aromatic heterocycles. The molecule has 10 heteroatoms. The van der Waals surface area contributed by atoms with E-state index < -0.39 is 15.6 Å². The molecule has 0 saturated carbocycles. The number of rotatable bonds is 14. The normalized spacial score (nSPS) is 22.1. The molecule has 174 valence electrons. The first kappa shape index (κ1) is 27.5. The molecule has 8 nitrogen and oxygen atoms in total. The predicted octanol–water partition coefficient (Wildman–Crippen LogP) is 3.67. The van der Waals surface area contributed by atoms with Crippen LogP contribution in [-0.2, 0) is 22.7 Å². The zero-order valence-corrected chi connectivity index (χ0v) is 20.2. The fourth-order valence-corrected chi connectivity index (χ4v) is 4.34. The fraction of sp³-hybridized carbons (Fsp3) is 0.700. The minimum absolute atomic E-state index is 0.0542. The first-order valence-electron chi connectivity index (χ1n) is 10.0. The van der Waals surface area contributed by atoms with Crippen LogP contribution < -0.4 is 14.7 Å². The lowest BCUT2D eigenvalue weighted by atomic mass is 10.0. The largest absolute Gasteiger partial charge is 0.790 e. The van der Waals surface area contributed by atoms with Gasteiger partial charge in [0.25, 0.3) is 7.82 Å². The van der Waals surface area contributed by atoms with Gasteiger partial charge in [0.2, 0.25) is 0 Å². The van der Waals surface area contributed by atoms with Gasteiger partial charge in [0.15, 0.2) is 0 Å². The van der Waals surface area contributed by atoms with Crippen molar-refractivity contribution in [2.24, 2.45) is 0 Å². The molecule has 0 aromatic carbocycles.